The van der Waals surface area contributed by atoms with Crippen LogP contribution in [-0.2, 0) is 27.4 Å². The fraction of sp³-hybridized carbons (Fsp3) is 0.360. The van der Waals surface area contributed by atoms with E-state index in [1.807, 2.05) is 54.6 Å². The summed E-state index contributed by atoms with van der Waals surface area (Å²) in [4.78, 5) is 0. The highest BCUT2D eigenvalue weighted by molar-refractivity contribution is 5.27. The summed E-state index contributed by atoms with van der Waals surface area (Å²) in [6.45, 7) is 10.1. The van der Waals surface area contributed by atoms with Gasteiger partial charge >= 0.3 is 0 Å². The lowest BCUT2D eigenvalue weighted by Gasteiger charge is -2.24. The molecule has 0 aromatic heterocycles. The van der Waals surface area contributed by atoms with Crippen LogP contribution < -0.4 is 9.47 Å². The van der Waals surface area contributed by atoms with E-state index in [4.69, 9.17) is 23.7 Å². The molecule has 2 aromatic rings. The zero-order chi connectivity index (χ0) is 21.6. The zero-order valence-corrected chi connectivity index (χ0v) is 17.9. The SMILES string of the molecule is C=CCO[C@@H](COCc1ccc(OC)cc1)[C@@H](C=C)COCc1ccc(OC)cc1. The maximum absolute atomic E-state index is 5.92. The van der Waals surface area contributed by atoms with Gasteiger partial charge in [0.25, 0.3) is 0 Å². The molecule has 162 valence electrons. The topological polar surface area (TPSA) is 46.2 Å². The first kappa shape index (κ1) is 23.7. The number of benzene rings is 2. The summed E-state index contributed by atoms with van der Waals surface area (Å²) in [6.07, 6.45) is 3.42. The van der Waals surface area contributed by atoms with Gasteiger partial charge in [0, 0.05) is 5.92 Å². The molecule has 0 radical (unpaired) electrons. The van der Waals surface area contributed by atoms with Gasteiger partial charge in [-0.15, -0.1) is 13.2 Å². The van der Waals surface area contributed by atoms with Crippen LogP contribution in [0.4, 0.5) is 0 Å². The van der Waals surface area contributed by atoms with Gasteiger partial charge in [-0.2, -0.15) is 0 Å². The van der Waals surface area contributed by atoms with Gasteiger partial charge in [0.15, 0.2) is 0 Å². The van der Waals surface area contributed by atoms with Crippen LogP contribution in [0.15, 0.2) is 73.8 Å². The Hall–Kier alpha value is -2.60. The van der Waals surface area contributed by atoms with Gasteiger partial charge in [0.05, 0.1) is 53.4 Å². The third-order valence-corrected chi connectivity index (χ3v) is 4.66. The number of ether oxygens (including phenoxy) is 5. The largest absolute Gasteiger partial charge is 0.497 e. The average Bonchev–Trinajstić information content (AvgIpc) is 2.80. The highest BCUT2D eigenvalue weighted by atomic mass is 16.5. The first-order chi connectivity index (χ1) is 14.7. The van der Waals surface area contributed by atoms with E-state index >= 15 is 0 Å². The van der Waals surface area contributed by atoms with Gasteiger partial charge in [0.1, 0.15) is 11.5 Å². The molecule has 0 fully saturated rings. The van der Waals surface area contributed by atoms with Crippen molar-refractivity contribution in [2.75, 3.05) is 34.0 Å². The fourth-order valence-corrected chi connectivity index (χ4v) is 2.86. The van der Waals surface area contributed by atoms with E-state index in [0.29, 0.717) is 33.0 Å². The van der Waals surface area contributed by atoms with Gasteiger partial charge in [-0.05, 0) is 35.4 Å². The van der Waals surface area contributed by atoms with E-state index in [2.05, 4.69) is 13.2 Å². The van der Waals surface area contributed by atoms with Crippen molar-refractivity contribution in [1.82, 2.24) is 0 Å². The molecule has 0 bridgehead atoms. The van der Waals surface area contributed by atoms with Crippen LogP contribution in [-0.4, -0.2) is 40.1 Å². The van der Waals surface area contributed by atoms with Crippen molar-refractivity contribution in [2.45, 2.75) is 19.3 Å². The molecule has 0 aliphatic rings. The molecule has 0 unspecified atom stereocenters. The van der Waals surface area contributed by atoms with Crippen LogP contribution in [0.3, 0.4) is 0 Å². The Morgan fingerprint density at radius 1 is 0.767 bits per heavy atom. The number of hydrogen-bond donors (Lipinski definition) is 0. The molecule has 5 heteroatoms. The van der Waals surface area contributed by atoms with Crippen molar-refractivity contribution < 1.29 is 23.7 Å². The Morgan fingerprint density at radius 3 is 1.70 bits per heavy atom. The molecule has 0 aliphatic carbocycles. The summed E-state index contributed by atoms with van der Waals surface area (Å²) in [7, 11) is 3.31. The molecule has 0 saturated heterocycles. The molecule has 2 aromatic carbocycles. The Labute approximate surface area is 179 Å². The Bertz CT molecular complexity index is 739. The van der Waals surface area contributed by atoms with E-state index in [-0.39, 0.29) is 12.0 Å². The minimum atomic E-state index is -0.172. The molecule has 0 N–H and O–H groups in total. The van der Waals surface area contributed by atoms with E-state index < -0.39 is 0 Å². The second-order valence-electron chi connectivity index (χ2n) is 6.79. The van der Waals surface area contributed by atoms with E-state index in [0.717, 1.165) is 22.6 Å². The summed E-state index contributed by atoms with van der Waals surface area (Å²) >= 11 is 0. The standard InChI is InChI=1S/C25H32O5/c1-5-15-30-25(19-29-17-21-9-13-24(27-4)14-10-21)22(6-2)18-28-16-20-7-11-23(26-3)12-8-20/h5-14,22,25H,1-2,15-19H2,3-4H3/t22-,25-/m0/s1. The van der Waals surface area contributed by atoms with Gasteiger partial charge in [-0.25, -0.2) is 0 Å². The van der Waals surface area contributed by atoms with Gasteiger partial charge < -0.3 is 23.7 Å². The average molecular weight is 413 g/mol. The highest BCUT2D eigenvalue weighted by Crippen LogP contribution is 2.16. The molecule has 0 saturated carbocycles. The van der Waals surface area contributed by atoms with Crippen molar-refractivity contribution in [3.05, 3.63) is 85.0 Å². The highest BCUT2D eigenvalue weighted by Gasteiger charge is 2.20. The maximum atomic E-state index is 5.92. The zero-order valence-electron chi connectivity index (χ0n) is 17.9. The van der Waals surface area contributed by atoms with Crippen molar-refractivity contribution >= 4 is 0 Å². The third kappa shape index (κ3) is 8.03. The van der Waals surface area contributed by atoms with Crippen LogP contribution >= 0.6 is 0 Å². The van der Waals surface area contributed by atoms with Crippen molar-refractivity contribution in [3.63, 3.8) is 0 Å². The molecule has 30 heavy (non-hydrogen) atoms. The predicted molar refractivity (Wildman–Crippen MR) is 119 cm³/mol. The minimum absolute atomic E-state index is 0.000865. The molecule has 0 amide bonds. The van der Waals surface area contributed by atoms with Gasteiger partial charge in [-0.1, -0.05) is 36.4 Å². The second kappa shape index (κ2) is 13.6. The van der Waals surface area contributed by atoms with Gasteiger partial charge in [-0.3, -0.25) is 0 Å². The van der Waals surface area contributed by atoms with E-state index in [1.165, 1.54) is 0 Å². The summed E-state index contributed by atoms with van der Waals surface area (Å²) < 4.78 is 28.1. The summed E-state index contributed by atoms with van der Waals surface area (Å²) in [5.41, 5.74) is 2.15. The van der Waals surface area contributed by atoms with Crippen molar-refractivity contribution in [2.24, 2.45) is 5.92 Å². The summed E-state index contributed by atoms with van der Waals surface area (Å²) in [5.74, 6) is 1.65. The molecular formula is C25H32O5. The molecular weight excluding hydrogens is 380 g/mol. The van der Waals surface area contributed by atoms with E-state index in [1.54, 1.807) is 20.3 Å². The van der Waals surface area contributed by atoms with Crippen LogP contribution in [0.1, 0.15) is 11.1 Å². The lowest BCUT2D eigenvalue weighted by atomic mass is 10.0. The molecule has 0 heterocycles. The maximum Gasteiger partial charge on any atom is 0.118 e. The predicted octanol–water partition coefficient (Wildman–Crippen LogP) is 4.81. The Kier molecular flexibility index (Phi) is 10.7. The number of methoxy groups -OCH3 is 2. The summed E-state index contributed by atoms with van der Waals surface area (Å²) in [6, 6.07) is 15.6. The number of hydrogen-bond acceptors (Lipinski definition) is 5. The van der Waals surface area contributed by atoms with Crippen molar-refractivity contribution in [1.29, 1.82) is 0 Å². The molecule has 5 nitrogen and oxygen atoms in total. The molecule has 2 rings (SSSR count). The third-order valence-electron chi connectivity index (χ3n) is 4.66. The monoisotopic (exact) mass is 412 g/mol. The summed E-state index contributed by atoms with van der Waals surface area (Å²) in [5, 5.41) is 0. The Morgan fingerprint density at radius 2 is 1.27 bits per heavy atom. The van der Waals surface area contributed by atoms with Crippen LogP contribution in [0.5, 0.6) is 11.5 Å². The van der Waals surface area contributed by atoms with Crippen LogP contribution in [0.25, 0.3) is 0 Å². The van der Waals surface area contributed by atoms with Gasteiger partial charge in [0.2, 0.25) is 0 Å². The van der Waals surface area contributed by atoms with E-state index in [9.17, 15) is 0 Å². The lowest BCUT2D eigenvalue weighted by molar-refractivity contribution is -0.0511. The normalized spacial score (nSPS) is 12.7. The van der Waals surface area contributed by atoms with Crippen LogP contribution in [0, 0.1) is 5.92 Å². The lowest BCUT2D eigenvalue weighted by Crippen LogP contribution is -2.31. The number of rotatable bonds is 15. The van der Waals surface area contributed by atoms with Crippen LogP contribution in [0.2, 0.25) is 0 Å². The molecule has 0 aliphatic heterocycles. The first-order valence-electron chi connectivity index (χ1n) is 9.96. The minimum Gasteiger partial charge on any atom is -0.497 e. The molecule has 2 atom stereocenters. The smallest absolute Gasteiger partial charge is 0.118 e. The Balaban J connectivity index is 1.84. The van der Waals surface area contributed by atoms with Crippen molar-refractivity contribution in [3.8, 4) is 11.5 Å². The first-order valence-corrected chi connectivity index (χ1v) is 9.96. The second-order valence-corrected chi connectivity index (χ2v) is 6.79. The molecule has 0 spiro atoms. The fourth-order valence-electron chi connectivity index (χ4n) is 2.86. The quantitative estimate of drug-likeness (QED) is 0.393.